The molecule has 0 aliphatic heterocycles. The van der Waals surface area contributed by atoms with Crippen LogP contribution < -0.4 is 9.47 Å². The van der Waals surface area contributed by atoms with Crippen molar-refractivity contribution in [2.45, 2.75) is 24.9 Å². The standard InChI is InChI=1S/C13H15FO4/c1-17-10-5-8(7-14)9(6-11(10)18-2)13(3-4-13)12(15)16/h5-6H,3-4,7H2,1-2H3,(H,15,16). The van der Waals surface area contributed by atoms with Crippen LogP contribution in [0.2, 0.25) is 0 Å². The summed E-state index contributed by atoms with van der Waals surface area (Å²) in [5.41, 5.74) is -0.0938. The molecular weight excluding hydrogens is 239 g/mol. The molecule has 1 saturated carbocycles. The first kappa shape index (κ1) is 12.7. The van der Waals surface area contributed by atoms with E-state index >= 15 is 0 Å². The smallest absolute Gasteiger partial charge is 0.314 e. The number of carboxylic acid groups (broad SMARTS) is 1. The highest BCUT2D eigenvalue weighted by Crippen LogP contribution is 2.51. The zero-order valence-corrected chi connectivity index (χ0v) is 10.3. The molecule has 1 N–H and O–H groups in total. The molecule has 0 atom stereocenters. The van der Waals surface area contributed by atoms with Crippen LogP contribution in [-0.4, -0.2) is 25.3 Å². The molecule has 0 radical (unpaired) electrons. The topological polar surface area (TPSA) is 55.8 Å². The molecule has 2 rings (SSSR count). The molecule has 1 aliphatic rings. The molecule has 18 heavy (non-hydrogen) atoms. The minimum atomic E-state index is -0.943. The van der Waals surface area contributed by atoms with Crippen molar-refractivity contribution in [3.8, 4) is 11.5 Å². The number of carboxylic acids is 1. The molecule has 0 amide bonds. The third kappa shape index (κ3) is 1.79. The molecule has 5 heteroatoms. The molecule has 98 valence electrons. The average molecular weight is 254 g/mol. The Labute approximate surface area is 104 Å². The van der Waals surface area contributed by atoms with Crippen LogP contribution in [0.5, 0.6) is 11.5 Å². The van der Waals surface area contributed by atoms with Crippen LogP contribution in [0.3, 0.4) is 0 Å². The van der Waals surface area contributed by atoms with E-state index < -0.39 is 18.1 Å². The van der Waals surface area contributed by atoms with Crippen LogP contribution in [0, 0.1) is 0 Å². The maximum atomic E-state index is 13.1. The van der Waals surface area contributed by atoms with Crippen molar-refractivity contribution < 1.29 is 23.8 Å². The molecule has 4 nitrogen and oxygen atoms in total. The van der Waals surface area contributed by atoms with Crippen LogP contribution in [0.4, 0.5) is 4.39 Å². The molecule has 0 spiro atoms. The predicted molar refractivity (Wildman–Crippen MR) is 62.9 cm³/mol. The van der Waals surface area contributed by atoms with Gasteiger partial charge in [0.15, 0.2) is 11.5 Å². The van der Waals surface area contributed by atoms with Gasteiger partial charge in [-0.2, -0.15) is 0 Å². The summed E-state index contributed by atoms with van der Waals surface area (Å²) in [6.45, 7) is -0.718. The number of methoxy groups -OCH3 is 2. The van der Waals surface area contributed by atoms with Crippen molar-refractivity contribution in [3.63, 3.8) is 0 Å². The van der Waals surface area contributed by atoms with Gasteiger partial charge in [-0.25, -0.2) is 4.39 Å². The Hall–Kier alpha value is -1.78. The first-order valence-corrected chi connectivity index (χ1v) is 5.64. The summed E-state index contributed by atoms with van der Waals surface area (Å²) < 4.78 is 23.3. The number of benzene rings is 1. The fraction of sp³-hybridized carbons (Fsp3) is 0.462. The third-order valence-electron chi connectivity index (χ3n) is 3.43. The van der Waals surface area contributed by atoms with Crippen LogP contribution in [0.1, 0.15) is 24.0 Å². The van der Waals surface area contributed by atoms with Gasteiger partial charge in [-0.05, 0) is 36.1 Å². The Bertz CT molecular complexity index is 480. The van der Waals surface area contributed by atoms with E-state index in [0.717, 1.165) is 0 Å². The van der Waals surface area contributed by atoms with Crippen molar-refractivity contribution in [1.29, 1.82) is 0 Å². The predicted octanol–water partition coefficient (Wildman–Crippen LogP) is 2.29. The van der Waals surface area contributed by atoms with Crippen LogP contribution in [0.15, 0.2) is 12.1 Å². The van der Waals surface area contributed by atoms with Crippen LogP contribution in [0.25, 0.3) is 0 Å². The molecule has 0 heterocycles. The normalized spacial score (nSPS) is 16.2. The second kappa shape index (κ2) is 4.48. The van der Waals surface area contributed by atoms with Crippen molar-refractivity contribution in [1.82, 2.24) is 0 Å². The highest BCUT2D eigenvalue weighted by Gasteiger charge is 2.53. The molecule has 0 aromatic heterocycles. The van der Waals surface area contributed by atoms with Gasteiger partial charge in [0.25, 0.3) is 0 Å². The number of carbonyl (C=O) groups is 1. The van der Waals surface area contributed by atoms with Gasteiger partial charge in [0.05, 0.1) is 19.6 Å². The SMILES string of the molecule is COc1cc(CF)c(C2(C(=O)O)CC2)cc1OC. The lowest BCUT2D eigenvalue weighted by atomic mass is 9.91. The van der Waals surface area contributed by atoms with Crippen molar-refractivity contribution in [3.05, 3.63) is 23.3 Å². The zero-order chi connectivity index (χ0) is 13.3. The highest BCUT2D eigenvalue weighted by atomic mass is 19.1. The van der Waals surface area contributed by atoms with Crippen molar-refractivity contribution in [2.24, 2.45) is 0 Å². The summed E-state index contributed by atoms with van der Waals surface area (Å²) >= 11 is 0. The van der Waals surface area contributed by atoms with Gasteiger partial charge < -0.3 is 14.6 Å². The first-order valence-electron chi connectivity index (χ1n) is 5.64. The number of hydrogen-bond donors (Lipinski definition) is 1. The number of ether oxygens (including phenoxy) is 2. The molecule has 1 aromatic rings. The van der Waals surface area contributed by atoms with E-state index in [0.29, 0.717) is 35.5 Å². The van der Waals surface area contributed by atoms with Crippen molar-refractivity contribution >= 4 is 5.97 Å². The van der Waals surface area contributed by atoms with Gasteiger partial charge >= 0.3 is 5.97 Å². The Morgan fingerprint density at radius 3 is 2.28 bits per heavy atom. The lowest BCUT2D eigenvalue weighted by Gasteiger charge is -2.17. The number of aliphatic carboxylic acids is 1. The first-order chi connectivity index (χ1) is 8.58. The number of alkyl halides is 1. The maximum absolute atomic E-state index is 13.1. The number of halogens is 1. The molecular formula is C13H15FO4. The summed E-state index contributed by atoms with van der Waals surface area (Å²) in [4.78, 5) is 11.3. The van der Waals surface area contributed by atoms with Crippen LogP contribution in [-0.2, 0) is 16.9 Å². The Balaban J connectivity index is 2.56. The van der Waals surface area contributed by atoms with E-state index in [1.807, 2.05) is 0 Å². The summed E-state index contributed by atoms with van der Waals surface area (Å²) in [6, 6.07) is 3.09. The Morgan fingerprint density at radius 1 is 1.33 bits per heavy atom. The van der Waals surface area contributed by atoms with Crippen LogP contribution >= 0.6 is 0 Å². The molecule has 0 saturated heterocycles. The van der Waals surface area contributed by atoms with Gasteiger partial charge in [0.1, 0.15) is 6.67 Å². The number of rotatable bonds is 5. The van der Waals surface area contributed by atoms with Gasteiger partial charge in [-0.1, -0.05) is 0 Å². The molecule has 1 fully saturated rings. The van der Waals surface area contributed by atoms with E-state index in [2.05, 4.69) is 0 Å². The lowest BCUT2D eigenvalue weighted by Crippen LogP contribution is -2.21. The van der Waals surface area contributed by atoms with E-state index in [1.165, 1.54) is 20.3 Å². The molecule has 0 bridgehead atoms. The molecule has 1 aromatic carbocycles. The highest BCUT2D eigenvalue weighted by molar-refractivity contribution is 5.85. The summed E-state index contributed by atoms with van der Waals surface area (Å²) in [5.74, 6) is -0.0725. The Morgan fingerprint density at radius 2 is 1.89 bits per heavy atom. The second-order valence-corrected chi connectivity index (χ2v) is 4.39. The van der Waals surface area contributed by atoms with E-state index in [9.17, 15) is 14.3 Å². The third-order valence-corrected chi connectivity index (χ3v) is 3.43. The Kier molecular flexibility index (Phi) is 3.15. The van der Waals surface area contributed by atoms with Gasteiger partial charge in [0, 0.05) is 0 Å². The maximum Gasteiger partial charge on any atom is 0.314 e. The fourth-order valence-electron chi connectivity index (χ4n) is 2.20. The van der Waals surface area contributed by atoms with E-state index in [-0.39, 0.29) is 0 Å². The van der Waals surface area contributed by atoms with Gasteiger partial charge in [-0.15, -0.1) is 0 Å². The summed E-state index contributed by atoms with van der Waals surface area (Å²) in [7, 11) is 2.93. The monoisotopic (exact) mass is 254 g/mol. The second-order valence-electron chi connectivity index (χ2n) is 4.39. The fourth-order valence-corrected chi connectivity index (χ4v) is 2.20. The number of hydrogen-bond acceptors (Lipinski definition) is 3. The quantitative estimate of drug-likeness (QED) is 0.875. The van der Waals surface area contributed by atoms with Gasteiger partial charge in [0.2, 0.25) is 0 Å². The lowest BCUT2D eigenvalue weighted by molar-refractivity contribution is -0.140. The summed E-state index contributed by atoms with van der Waals surface area (Å²) in [6.07, 6.45) is 1.07. The zero-order valence-electron chi connectivity index (χ0n) is 10.3. The largest absolute Gasteiger partial charge is 0.493 e. The molecule has 0 unspecified atom stereocenters. The van der Waals surface area contributed by atoms with Crippen molar-refractivity contribution in [2.75, 3.05) is 14.2 Å². The minimum absolute atomic E-state index is 0.354. The van der Waals surface area contributed by atoms with Gasteiger partial charge in [-0.3, -0.25) is 4.79 Å². The van der Waals surface area contributed by atoms with E-state index in [4.69, 9.17) is 9.47 Å². The van der Waals surface area contributed by atoms with E-state index in [1.54, 1.807) is 6.07 Å². The summed E-state index contributed by atoms with van der Waals surface area (Å²) in [5, 5.41) is 9.27. The average Bonchev–Trinajstić information content (AvgIpc) is 3.18. The molecule has 1 aliphatic carbocycles. The minimum Gasteiger partial charge on any atom is -0.493 e.